The van der Waals surface area contributed by atoms with Gasteiger partial charge in [-0.05, 0) is 23.8 Å². The van der Waals surface area contributed by atoms with Crippen LogP contribution in [0.4, 0.5) is 0 Å². The number of benzene rings is 1. The molecule has 0 spiro atoms. The third kappa shape index (κ3) is 2.34. The lowest BCUT2D eigenvalue weighted by Crippen LogP contribution is -2.28. The van der Waals surface area contributed by atoms with E-state index >= 15 is 0 Å². The van der Waals surface area contributed by atoms with E-state index in [0.29, 0.717) is 22.2 Å². The fourth-order valence-corrected chi connectivity index (χ4v) is 2.67. The molecule has 0 unspecified atom stereocenters. The molecule has 3 aromatic rings. The van der Waals surface area contributed by atoms with Gasteiger partial charge < -0.3 is 15.0 Å². The molecule has 0 radical (unpaired) electrons. The third-order valence-electron chi connectivity index (χ3n) is 3.77. The Morgan fingerprint density at radius 1 is 1.22 bits per heavy atom. The van der Waals surface area contributed by atoms with Crippen molar-refractivity contribution in [1.29, 1.82) is 0 Å². The minimum atomic E-state index is -0.666. The zero-order valence-corrected chi connectivity index (χ0v) is 12.7. The Hall–Kier alpha value is -3.15. The number of nitrogens with zero attached hydrogens (tertiary/aromatic N) is 2. The average molecular weight is 309 g/mol. The minimum absolute atomic E-state index is 0.153. The van der Waals surface area contributed by atoms with Crippen molar-refractivity contribution in [1.82, 2.24) is 9.55 Å². The Morgan fingerprint density at radius 3 is 2.52 bits per heavy atom. The molecule has 0 saturated heterocycles. The normalized spacial score (nSPS) is 10.7. The van der Waals surface area contributed by atoms with Gasteiger partial charge in [0.1, 0.15) is 17.0 Å². The summed E-state index contributed by atoms with van der Waals surface area (Å²) in [4.78, 5) is 28.5. The van der Waals surface area contributed by atoms with Crippen LogP contribution in [-0.2, 0) is 7.05 Å². The lowest BCUT2D eigenvalue weighted by Gasteiger charge is -2.15. The van der Waals surface area contributed by atoms with Crippen LogP contribution < -0.4 is 16.0 Å². The van der Waals surface area contributed by atoms with E-state index in [0.717, 1.165) is 5.56 Å². The van der Waals surface area contributed by atoms with E-state index in [1.54, 1.807) is 37.6 Å². The van der Waals surface area contributed by atoms with Crippen molar-refractivity contribution in [3.63, 3.8) is 0 Å². The Labute approximate surface area is 132 Å². The zero-order valence-electron chi connectivity index (χ0n) is 12.7. The number of carbonyl (C=O) groups excluding carboxylic acids is 1. The lowest BCUT2D eigenvalue weighted by atomic mass is 9.98. The van der Waals surface area contributed by atoms with Gasteiger partial charge in [0.05, 0.1) is 7.11 Å². The van der Waals surface area contributed by atoms with Crippen molar-refractivity contribution < 1.29 is 9.53 Å². The maximum Gasteiger partial charge on any atom is 0.277 e. The van der Waals surface area contributed by atoms with E-state index in [1.165, 1.54) is 11.6 Å². The topological polar surface area (TPSA) is 87.2 Å². The number of hydrogen-bond donors (Lipinski definition) is 1. The molecule has 0 aliphatic rings. The van der Waals surface area contributed by atoms with Crippen LogP contribution >= 0.6 is 0 Å². The van der Waals surface area contributed by atoms with Gasteiger partial charge in [-0.15, -0.1) is 0 Å². The van der Waals surface area contributed by atoms with Gasteiger partial charge in [-0.2, -0.15) is 0 Å². The molecule has 0 bridgehead atoms. The zero-order chi connectivity index (χ0) is 16.6. The van der Waals surface area contributed by atoms with Gasteiger partial charge in [0.25, 0.3) is 11.5 Å². The monoisotopic (exact) mass is 309 g/mol. The van der Waals surface area contributed by atoms with Crippen LogP contribution in [0.2, 0.25) is 0 Å². The maximum atomic E-state index is 12.4. The smallest absolute Gasteiger partial charge is 0.277 e. The molecule has 6 nitrogen and oxygen atoms in total. The summed E-state index contributed by atoms with van der Waals surface area (Å²) in [6, 6.07) is 10.7. The van der Waals surface area contributed by atoms with Crippen LogP contribution in [0.1, 0.15) is 10.5 Å². The second-order valence-electron chi connectivity index (χ2n) is 5.08. The van der Waals surface area contributed by atoms with Crippen LogP contribution in [0.3, 0.4) is 0 Å². The standard InChI is InChI=1S/C17H15N3O3/c1-20-15(16(18)21)13(10-5-7-11(23-2)8-6-10)12-4-3-9-19-14(12)17(20)22/h3-9H,1-2H3,(H2,18,21). The van der Waals surface area contributed by atoms with Crippen LogP contribution in [0.25, 0.3) is 22.0 Å². The maximum absolute atomic E-state index is 12.4. The molecule has 6 heteroatoms. The predicted octanol–water partition coefficient (Wildman–Crippen LogP) is 1.71. The van der Waals surface area contributed by atoms with Gasteiger partial charge in [-0.25, -0.2) is 0 Å². The first kappa shape index (κ1) is 14.8. The molecule has 2 N–H and O–H groups in total. The summed E-state index contributed by atoms with van der Waals surface area (Å²) in [7, 11) is 3.10. The molecule has 0 saturated carbocycles. The van der Waals surface area contributed by atoms with Gasteiger partial charge in [0, 0.05) is 24.2 Å². The molecule has 2 aromatic heterocycles. The molecule has 0 aliphatic heterocycles. The van der Waals surface area contributed by atoms with Gasteiger partial charge >= 0.3 is 0 Å². The summed E-state index contributed by atoms with van der Waals surface area (Å²) in [5.41, 5.74) is 6.97. The number of amides is 1. The highest BCUT2D eigenvalue weighted by Gasteiger charge is 2.20. The largest absolute Gasteiger partial charge is 0.497 e. The summed E-state index contributed by atoms with van der Waals surface area (Å²) in [5.74, 6) is 0.0304. The Bertz CT molecular complexity index is 959. The highest BCUT2D eigenvalue weighted by molar-refractivity contribution is 6.07. The van der Waals surface area contributed by atoms with Crippen molar-refractivity contribution in [2.24, 2.45) is 12.8 Å². The second-order valence-corrected chi connectivity index (χ2v) is 5.08. The Balaban J connectivity index is 2.46. The number of carbonyl (C=O) groups is 1. The van der Waals surface area contributed by atoms with E-state index in [-0.39, 0.29) is 11.3 Å². The fourth-order valence-electron chi connectivity index (χ4n) is 2.67. The number of ether oxygens (including phenoxy) is 1. The predicted molar refractivity (Wildman–Crippen MR) is 87.5 cm³/mol. The third-order valence-corrected chi connectivity index (χ3v) is 3.77. The van der Waals surface area contributed by atoms with E-state index in [1.807, 2.05) is 12.1 Å². The van der Waals surface area contributed by atoms with Crippen molar-refractivity contribution in [3.05, 3.63) is 58.6 Å². The van der Waals surface area contributed by atoms with Crippen LogP contribution in [0, 0.1) is 0 Å². The summed E-state index contributed by atoms with van der Waals surface area (Å²) in [6.45, 7) is 0. The summed E-state index contributed by atoms with van der Waals surface area (Å²) in [6.07, 6.45) is 1.55. The van der Waals surface area contributed by atoms with Crippen molar-refractivity contribution >= 4 is 16.8 Å². The average Bonchev–Trinajstić information content (AvgIpc) is 2.57. The van der Waals surface area contributed by atoms with Gasteiger partial charge in [-0.1, -0.05) is 18.2 Å². The van der Waals surface area contributed by atoms with E-state index in [4.69, 9.17) is 10.5 Å². The minimum Gasteiger partial charge on any atom is -0.497 e. The molecular weight excluding hydrogens is 294 g/mol. The quantitative estimate of drug-likeness (QED) is 0.798. The van der Waals surface area contributed by atoms with E-state index in [9.17, 15) is 9.59 Å². The number of fused-ring (bicyclic) bond motifs is 1. The summed E-state index contributed by atoms with van der Waals surface area (Å²) in [5, 5.41) is 0.592. The molecule has 23 heavy (non-hydrogen) atoms. The number of rotatable bonds is 3. The first-order valence-electron chi connectivity index (χ1n) is 6.96. The van der Waals surface area contributed by atoms with Crippen LogP contribution in [-0.4, -0.2) is 22.6 Å². The first-order chi connectivity index (χ1) is 11.0. The number of primary amides is 1. The van der Waals surface area contributed by atoms with Crippen LogP contribution in [0.5, 0.6) is 5.75 Å². The van der Waals surface area contributed by atoms with E-state index < -0.39 is 5.91 Å². The molecule has 116 valence electrons. The number of nitrogens with two attached hydrogens (primary N) is 1. The number of methoxy groups -OCH3 is 1. The van der Waals surface area contributed by atoms with Gasteiger partial charge in [0.15, 0.2) is 0 Å². The molecule has 1 aromatic carbocycles. The fraction of sp³-hybridized carbons (Fsp3) is 0.118. The summed E-state index contributed by atoms with van der Waals surface area (Å²) < 4.78 is 6.40. The number of pyridine rings is 2. The molecule has 0 fully saturated rings. The molecule has 1 amide bonds. The van der Waals surface area contributed by atoms with Crippen LogP contribution in [0.15, 0.2) is 47.4 Å². The lowest BCUT2D eigenvalue weighted by molar-refractivity contribution is 0.0992. The van der Waals surface area contributed by atoms with Crippen molar-refractivity contribution in [2.75, 3.05) is 7.11 Å². The van der Waals surface area contributed by atoms with E-state index in [2.05, 4.69) is 4.98 Å². The molecule has 0 atom stereocenters. The Morgan fingerprint density at radius 2 is 1.91 bits per heavy atom. The second kappa shape index (κ2) is 5.57. The van der Waals surface area contributed by atoms with Gasteiger partial charge in [0.2, 0.25) is 0 Å². The number of hydrogen-bond acceptors (Lipinski definition) is 4. The summed E-state index contributed by atoms with van der Waals surface area (Å²) >= 11 is 0. The molecule has 0 aliphatic carbocycles. The number of aromatic nitrogens is 2. The molecule has 3 rings (SSSR count). The van der Waals surface area contributed by atoms with Crippen molar-refractivity contribution in [2.45, 2.75) is 0 Å². The highest BCUT2D eigenvalue weighted by atomic mass is 16.5. The Kier molecular flexibility index (Phi) is 3.57. The SMILES string of the molecule is COc1ccc(-c2c(C(N)=O)n(C)c(=O)c3ncccc23)cc1. The van der Waals surface area contributed by atoms with Crippen molar-refractivity contribution in [3.8, 4) is 16.9 Å². The first-order valence-corrected chi connectivity index (χ1v) is 6.96. The molecular formula is C17H15N3O3. The highest BCUT2D eigenvalue weighted by Crippen LogP contribution is 2.30. The molecule has 2 heterocycles. The van der Waals surface area contributed by atoms with Gasteiger partial charge in [-0.3, -0.25) is 14.6 Å².